The third-order valence-corrected chi connectivity index (χ3v) is 2.24. The van der Waals surface area contributed by atoms with Crippen LogP contribution in [0.3, 0.4) is 0 Å². The zero-order valence-corrected chi connectivity index (χ0v) is 8.65. The van der Waals surface area contributed by atoms with Crippen LogP contribution in [0.2, 0.25) is 0 Å². The number of nitrogens with zero attached hydrogens (tertiary/aromatic N) is 1. The summed E-state index contributed by atoms with van der Waals surface area (Å²) in [5.41, 5.74) is 2.51. The van der Waals surface area contributed by atoms with Crippen LogP contribution in [0.1, 0.15) is 15.9 Å². The largest absolute Gasteiger partial charge is 0.465 e. The van der Waals surface area contributed by atoms with Crippen LogP contribution in [0.4, 0.5) is 0 Å². The normalized spacial score (nSPS) is 10.3. The summed E-state index contributed by atoms with van der Waals surface area (Å²) in [5.74, 6) is -0.321. The van der Waals surface area contributed by atoms with E-state index in [4.69, 9.17) is 0 Å². The molecule has 1 aromatic heterocycles. The van der Waals surface area contributed by atoms with Gasteiger partial charge >= 0.3 is 5.97 Å². The number of carbonyl (C=O) groups is 1. The fourth-order valence-electron chi connectivity index (χ4n) is 1.49. The molecule has 2 aromatic rings. The molecule has 0 unspecified atom stereocenters. The maximum atomic E-state index is 11.3. The van der Waals surface area contributed by atoms with E-state index >= 15 is 0 Å². The zero-order chi connectivity index (χ0) is 10.8. The predicted octanol–water partition coefficient (Wildman–Crippen LogP) is 2.33. The SMILES string of the molecule is COC(=O)c1ccc2ncc(C)cc2c1. The Labute approximate surface area is 87.7 Å². The Hall–Kier alpha value is -1.90. The molecule has 0 aliphatic heterocycles. The van der Waals surface area contributed by atoms with E-state index in [1.54, 1.807) is 18.3 Å². The van der Waals surface area contributed by atoms with Crippen molar-refractivity contribution in [2.75, 3.05) is 7.11 Å². The third-order valence-electron chi connectivity index (χ3n) is 2.24. The highest BCUT2D eigenvalue weighted by atomic mass is 16.5. The Bertz CT molecular complexity index is 520. The molecule has 0 bridgehead atoms. The molecule has 0 spiro atoms. The van der Waals surface area contributed by atoms with Crippen LogP contribution in [0.5, 0.6) is 0 Å². The quantitative estimate of drug-likeness (QED) is 0.665. The average molecular weight is 201 g/mol. The van der Waals surface area contributed by atoms with E-state index < -0.39 is 0 Å². The van der Waals surface area contributed by atoms with E-state index in [-0.39, 0.29) is 5.97 Å². The first-order valence-electron chi connectivity index (χ1n) is 4.65. The van der Waals surface area contributed by atoms with Crippen LogP contribution in [0.15, 0.2) is 30.5 Å². The molecule has 0 saturated heterocycles. The van der Waals surface area contributed by atoms with Crippen LogP contribution in [0.25, 0.3) is 10.9 Å². The van der Waals surface area contributed by atoms with E-state index in [1.807, 2.05) is 19.1 Å². The third kappa shape index (κ3) is 1.81. The van der Waals surface area contributed by atoms with Crippen molar-refractivity contribution in [3.8, 4) is 0 Å². The lowest BCUT2D eigenvalue weighted by atomic mass is 10.1. The molecule has 0 aliphatic rings. The number of pyridine rings is 1. The zero-order valence-electron chi connectivity index (χ0n) is 8.65. The van der Waals surface area contributed by atoms with Gasteiger partial charge in [-0.25, -0.2) is 4.79 Å². The van der Waals surface area contributed by atoms with E-state index in [9.17, 15) is 4.79 Å². The molecule has 15 heavy (non-hydrogen) atoms. The van der Waals surface area contributed by atoms with E-state index in [2.05, 4.69) is 9.72 Å². The van der Waals surface area contributed by atoms with Gasteiger partial charge in [0.2, 0.25) is 0 Å². The van der Waals surface area contributed by atoms with E-state index in [1.165, 1.54) is 7.11 Å². The molecule has 1 aromatic carbocycles. The summed E-state index contributed by atoms with van der Waals surface area (Å²) < 4.78 is 4.66. The molecule has 0 aliphatic carbocycles. The number of ether oxygens (including phenoxy) is 1. The van der Waals surface area contributed by atoms with Crippen molar-refractivity contribution in [3.05, 3.63) is 41.6 Å². The van der Waals surface area contributed by atoms with Crippen molar-refractivity contribution in [1.82, 2.24) is 4.98 Å². The number of aryl methyl sites for hydroxylation is 1. The number of methoxy groups -OCH3 is 1. The van der Waals surface area contributed by atoms with Gasteiger partial charge in [0.25, 0.3) is 0 Å². The van der Waals surface area contributed by atoms with Crippen molar-refractivity contribution in [2.24, 2.45) is 0 Å². The summed E-state index contributed by atoms with van der Waals surface area (Å²) in [4.78, 5) is 15.6. The molecule has 0 N–H and O–H groups in total. The molecule has 0 radical (unpaired) electrons. The number of hydrogen-bond acceptors (Lipinski definition) is 3. The van der Waals surface area contributed by atoms with Gasteiger partial charge < -0.3 is 4.74 Å². The fraction of sp³-hybridized carbons (Fsp3) is 0.167. The summed E-state index contributed by atoms with van der Waals surface area (Å²) in [6.07, 6.45) is 1.81. The van der Waals surface area contributed by atoms with Crippen LogP contribution in [0, 0.1) is 6.92 Å². The summed E-state index contributed by atoms with van der Waals surface area (Å²) in [7, 11) is 1.38. The van der Waals surface area contributed by atoms with E-state index in [0.29, 0.717) is 5.56 Å². The summed E-state index contributed by atoms with van der Waals surface area (Å²) in [5, 5.41) is 0.956. The lowest BCUT2D eigenvalue weighted by molar-refractivity contribution is 0.0601. The molecule has 76 valence electrons. The lowest BCUT2D eigenvalue weighted by Gasteiger charge is -2.02. The van der Waals surface area contributed by atoms with Crippen LogP contribution >= 0.6 is 0 Å². The Morgan fingerprint density at radius 1 is 1.33 bits per heavy atom. The molecule has 0 atom stereocenters. The number of carbonyl (C=O) groups excluding carboxylic acids is 1. The number of fused-ring (bicyclic) bond motifs is 1. The monoisotopic (exact) mass is 201 g/mol. The van der Waals surface area contributed by atoms with Crippen LogP contribution in [-0.4, -0.2) is 18.1 Å². The highest BCUT2D eigenvalue weighted by molar-refractivity contribution is 5.94. The molecule has 3 heteroatoms. The number of rotatable bonds is 1. The molecule has 0 fully saturated rings. The van der Waals surface area contributed by atoms with Crippen molar-refractivity contribution in [2.45, 2.75) is 6.92 Å². The minimum absolute atomic E-state index is 0.321. The molecular weight excluding hydrogens is 190 g/mol. The number of esters is 1. The second-order valence-electron chi connectivity index (χ2n) is 3.41. The Kier molecular flexibility index (Phi) is 2.37. The molecule has 0 amide bonds. The van der Waals surface area contributed by atoms with Crippen molar-refractivity contribution < 1.29 is 9.53 Å². The van der Waals surface area contributed by atoms with E-state index in [0.717, 1.165) is 16.5 Å². The van der Waals surface area contributed by atoms with Gasteiger partial charge in [-0.3, -0.25) is 4.98 Å². The Morgan fingerprint density at radius 3 is 2.87 bits per heavy atom. The van der Waals surface area contributed by atoms with Crippen LogP contribution in [-0.2, 0) is 4.74 Å². The average Bonchev–Trinajstić information content (AvgIpc) is 2.27. The van der Waals surface area contributed by atoms with Gasteiger partial charge in [0.15, 0.2) is 0 Å². The summed E-state index contributed by atoms with van der Waals surface area (Å²) in [6, 6.07) is 7.33. The fourth-order valence-corrected chi connectivity index (χ4v) is 1.49. The first-order chi connectivity index (χ1) is 7.20. The lowest BCUT2D eigenvalue weighted by Crippen LogP contribution is -2.00. The summed E-state index contributed by atoms with van der Waals surface area (Å²) >= 11 is 0. The highest BCUT2D eigenvalue weighted by Crippen LogP contribution is 2.15. The topological polar surface area (TPSA) is 39.2 Å². The molecule has 3 nitrogen and oxygen atoms in total. The number of hydrogen-bond donors (Lipinski definition) is 0. The Balaban J connectivity index is 2.59. The minimum Gasteiger partial charge on any atom is -0.465 e. The predicted molar refractivity (Wildman–Crippen MR) is 57.8 cm³/mol. The second-order valence-corrected chi connectivity index (χ2v) is 3.41. The molecule has 0 saturated carbocycles. The van der Waals surface area contributed by atoms with Gasteiger partial charge in [0.1, 0.15) is 0 Å². The maximum absolute atomic E-state index is 11.3. The number of benzene rings is 1. The van der Waals surface area contributed by atoms with Gasteiger partial charge in [-0.2, -0.15) is 0 Å². The van der Waals surface area contributed by atoms with Gasteiger partial charge in [-0.05, 0) is 36.8 Å². The molecule has 2 rings (SSSR count). The highest BCUT2D eigenvalue weighted by Gasteiger charge is 2.05. The minimum atomic E-state index is -0.321. The number of aromatic nitrogens is 1. The van der Waals surface area contributed by atoms with Gasteiger partial charge in [0, 0.05) is 11.6 Å². The second kappa shape index (κ2) is 3.69. The first kappa shape index (κ1) is 9.65. The molecular formula is C12H11NO2. The van der Waals surface area contributed by atoms with Gasteiger partial charge in [-0.15, -0.1) is 0 Å². The van der Waals surface area contributed by atoms with Gasteiger partial charge in [0.05, 0.1) is 18.2 Å². The van der Waals surface area contributed by atoms with Crippen LogP contribution < -0.4 is 0 Å². The van der Waals surface area contributed by atoms with Crippen molar-refractivity contribution >= 4 is 16.9 Å². The Morgan fingerprint density at radius 2 is 2.13 bits per heavy atom. The first-order valence-corrected chi connectivity index (χ1v) is 4.65. The maximum Gasteiger partial charge on any atom is 0.337 e. The van der Waals surface area contributed by atoms with Crippen molar-refractivity contribution in [3.63, 3.8) is 0 Å². The van der Waals surface area contributed by atoms with Crippen molar-refractivity contribution in [1.29, 1.82) is 0 Å². The molecule has 1 heterocycles. The summed E-state index contributed by atoms with van der Waals surface area (Å²) in [6.45, 7) is 1.97. The standard InChI is InChI=1S/C12H11NO2/c1-8-5-10-6-9(12(14)15-2)3-4-11(10)13-7-8/h3-7H,1-2H3. The smallest absolute Gasteiger partial charge is 0.337 e. The van der Waals surface area contributed by atoms with Gasteiger partial charge in [-0.1, -0.05) is 0 Å².